The first kappa shape index (κ1) is 24.9. The normalized spacial score (nSPS) is 13.3. The standard InChI is InChI=1S/C28H29FN4O3/c1-20-11-12-21(19-25(20)31-28(36)23-9-5-6-10-24(23)29)27(35)30-14-13-26(34)33-17-15-32(16-18-33)22-7-3-2-4-8-22/h2-12,19H,13-18H2,1H3,(H,30,35)(H,31,36). The largest absolute Gasteiger partial charge is 0.368 e. The molecule has 0 aliphatic carbocycles. The molecule has 3 aromatic rings. The van der Waals surface area contributed by atoms with Gasteiger partial charge in [0.2, 0.25) is 5.91 Å². The highest BCUT2D eigenvalue weighted by Gasteiger charge is 2.21. The molecule has 0 saturated carbocycles. The highest BCUT2D eigenvalue weighted by atomic mass is 19.1. The third-order valence-electron chi connectivity index (χ3n) is 6.24. The smallest absolute Gasteiger partial charge is 0.258 e. The zero-order valence-corrected chi connectivity index (χ0v) is 20.2. The Balaban J connectivity index is 1.27. The van der Waals surface area contributed by atoms with E-state index >= 15 is 0 Å². The van der Waals surface area contributed by atoms with E-state index in [1.54, 1.807) is 31.2 Å². The molecule has 1 aliphatic rings. The number of nitrogens with zero attached hydrogens (tertiary/aromatic N) is 2. The molecule has 4 rings (SSSR count). The van der Waals surface area contributed by atoms with Crippen LogP contribution in [0.25, 0.3) is 0 Å². The lowest BCUT2D eigenvalue weighted by Crippen LogP contribution is -2.49. The number of anilines is 2. The second-order valence-electron chi connectivity index (χ2n) is 8.67. The van der Waals surface area contributed by atoms with Crippen molar-refractivity contribution in [3.05, 3.63) is 95.3 Å². The van der Waals surface area contributed by atoms with Crippen LogP contribution in [0.4, 0.5) is 15.8 Å². The van der Waals surface area contributed by atoms with Gasteiger partial charge in [-0.1, -0.05) is 36.4 Å². The highest BCUT2D eigenvalue weighted by Crippen LogP contribution is 2.19. The number of para-hydroxylation sites is 1. The van der Waals surface area contributed by atoms with Crippen LogP contribution in [-0.4, -0.2) is 55.3 Å². The summed E-state index contributed by atoms with van der Waals surface area (Å²) in [7, 11) is 0. The van der Waals surface area contributed by atoms with Crippen LogP contribution in [0.3, 0.4) is 0 Å². The number of rotatable bonds is 7. The fourth-order valence-corrected chi connectivity index (χ4v) is 4.13. The summed E-state index contributed by atoms with van der Waals surface area (Å²) in [6.07, 6.45) is 0.208. The maximum absolute atomic E-state index is 13.9. The lowest BCUT2D eigenvalue weighted by atomic mass is 10.1. The number of hydrogen-bond donors (Lipinski definition) is 2. The third kappa shape index (κ3) is 6.07. The lowest BCUT2D eigenvalue weighted by Gasteiger charge is -2.36. The summed E-state index contributed by atoms with van der Waals surface area (Å²) in [5.41, 5.74) is 2.58. The van der Waals surface area contributed by atoms with Gasteiger partial charge in [-0.15, -0.1) is 0 Å². The number of halogens is 1. The maximum Gasteiger partial charge on any atom is 0.258 e. The highest BCUT2D eigenvalue weighted by molar-refractivity contribution is 6.05. The van der Waals surface area contributed by atoms with Crippen molar-refractivity contribution in [1.29, 1.82) is 0 Å². The summed E-state index contributed by atoms with van der Waals surface area (Å²) in [4.78, 5) is 41.8. The molecular formula is C28H29FN4O3. The maximum atomic E-state index is 13.9. The fraction of sp³-hybridized carbons (Fsp3) is 0.250. The molecule has 0 bridgehead atoms. The van der Waals surface area contributed by atoms with E-state index in [9.17, 15) is 18.8 Å². The number of carbonyl (C=O) groups excluding carboxylic acids is 3. The Labute approximate surface area is 209 Å². The second-order valence-corrected chi connectivity index (χ2v) is 8.67. The summed E-state index contributed by atoms with van der Waals surface area (Å²) in [6, 6.07) is 20.7. The first-order chi connectivity index (χ1) is 17.4. The molecule has 186 valence electrons. The Morgan fingerprint density at radius 3 is 2.28 bits per heavy atom. The van der Waals surface area contributed by atoms with Crippen molar-refractivity contribution >= 4 is 29.1 Å². The molecule has 8 heteroatoms. The lowest BCUT2D eigenvalue weighted by molar-refractivity contribution is -0.131. The molecule has 0 atom stereocenters. The quantitative estimate of drug-likeness (QED) is 0.529. The van der Waals surface area contributed by atoms with Gasteiger partial charge in [0.1, 0.15) is 5.82 Å². The van der Waals surface area contributed by atoms with Crippen molar-refractivity contribution in [2.75, 3.05) is 42.9 Å². The second kappa shape index (κ2) is 11.5. The van der Waals surface area contributed by atoms with E-state index < -0.39 is 11.7 Å². The van der Waals surface area contributed by atoms with Crippen molar-refractivity contribution in [3.8, 4) is 0 Å². The van der Waals surface area contributed by atoms with Gasteiger partial charge in [0.15, 0.2) is 0 Å². The Kier molecular flexibility index (Phi) is 7.95. The van der Waals surface area contributed by atoms with Gasteiger partial charge in [-0.05, 0) is 48.9 Å². The SMILES string of the molecule is Cc1ccc(C(=O)NCCC(=O)N2CCN(c3ccccc3)CC2)cc1NC(=O)c1ccccc1F. The topological polar surface area (TPSA) is 81.8 Å². The minimum atomic E-state index is -0.618. The van der Waals surface area contributed by atoms with E-state index in [4.69, 9.17) is 0 Å². The number of aryl methyl sites for hydroxylation is 1. The number of benzene rings is 3. The fourth-order valence-electron chi connectivity index (χ4n) is 4.13. The number of amides is 3. The molecule has 2 N–H and O–H groups in total. The summed E-state index contributed by atoms with van der Waals surface area (Å²) in [5, 5.41) is 5.45. The third-order valence-corrected chi connectivity index (χ3v) is 6.24. The predicted octanol–water partition coefficient (Wildman–Crippen LogP) is 3.86. The number of carbonyl (C=O) groups is 3. The summed E-state index contributed by atoms with van der Waals surface area (Å²) in [5.74, 6) is -1.55. The first-order valence-electron chi connectivity index (χ1n) is 11.9. The predicted molar refractivity (Wildman–Crippen MR) is 138 cm³/mol. The van der Waals surface area contributed by atoms with Crippen molar-refractivity contribution in [2.45, 2.75) is 13.3 Å². The van der Waals surface area contributed by atoms with Crippen LogP contribution in [0.5, 0.6) is 0 Å². The van der Waals surface area contributed by atoms with Crippen LogP contribution in [0.1, 0.15) is 32.7 Å². The van der Waals surface area contributed by atoms with Crippen LogP contribution in [0, 0.1) is 12.7 Å². The molecule has 1 heterocycles. The molecular weight excluding hydrogens is 459 g/mol. The summed E-state index contributed by atoms with van der Waals surface area (Å²) in [6.45, 7) is 4.82. The summed E-state index contributed by atoms with van der Waals surface area (Å²) < 4.78 is 13.9. The van der Waals surface area contributed by atoms with Crippen LogP contribution < -0.4 is 15.5 Å². The monoisotopic (exact) mass is 488 g/mol. The van der Waals surface area contributed by atoms with E-state index in [-0.39, 0.29) is 30.3 Å². The zero-order chi connectivity index (χ0) is 25.5. The molecule has 0 radical (unpaired) electrons. The van der Waals surface area contributed by atoms with Crippen molar-refractivity contribution in [2.24, 2.45) is 0 Å². The molecule has 3 aromatic carbocycles. The van der Waals surface area contributed by atoms with Gasteiger partial charge in [0.05, 0.1) is 5.56 Å². The van der Waals surface area contributed by atoms with Crippen LogP contribution >= 0.6 is 0 Å². The average molecular weight is 489 g/mol. The molecule has 7 nitrogen and oxygen atoms in total. The van der Waals surface area contributed by atoms with Crippen LogP contribution in [0.2, 0.25) is 0 Å². The number of hydrogen-bond acceptors (Lipinski definition) is 4. The van der Waals surface area contributed by atoms with Crippen molar-refractivity contribution < 1.29 is 18.8 Å². The van der Waals surface area contributed by atoms with Gasteiger partial charge < -0.3 is 20.4 Å². The molecule has 0 aromatic heterocycles. The Morgan fingerprint density at radius 1 is 0.861 bits per heavy atom. The first-order valence-corrected chi connectivity index (χ1v) is 11.9. The van der Waals surface area contributed by atoms with Gasteiger partial charge >= 0.3 is 0 Å². The van der Waals surface area contributed by atoms with Crippen LogP contribution in [0.15, 0.2) is 72.8 Å². The van der Waals surface area contributed by atoms with Gasteiger partial charge in [0, 0.05) is 56.1 Å². The van der Waals surface area contributed by atoms with E-state index in [1.165, 1.54) is 18.2 Å². The molecule has 0 unspecified atom stereocenters. The molecule has 1 saturated heterocycles. The van der Waals surface area contributed by atoms with Gasteiger partial charge in [-0.3, -0.25) is 14.4 Å². The Morgan fingerprint density at radius 2 is 1.56 bits per heavy atom. The minimum Gasteiger partial charge on any atom is -0.368 e. The zero-order valence-electron chi connectivity index (χ0n) is 20.2. The van der Waals surface area contributed by atoms with Crippen molar-refractivity contribution in [3.63, 3.8) is 0 Å². The Hall–Kier alpha value is -4.20. The van der Waals surface area contributed by atoms with Gasteiger partial charge in [0.25, 0.3) is 11.8 Å². The average Bonchev–Trinajstić information content (AvgIpc) is 2.90. The van der Waals surface area contributed by atoms with E-state index in [1.807, 2.05) is 23.1 Å². The molecule has 36 heavy (non-hydrogen) atoms. The number of piperazine rings is 1. The molecule has 1 fully saturated rings. The molecule has 0 spiro atoms. The molecule has 3 amide bonds. The minimum absolute atomic E-state index is 0.00441. The Bertz CT molecular complexity index is 1240. The summed E-state index contributed by atoms with van der Waals surface area (Å²) >= 11 is 0. The van der Waals surface area contributed by atoms with E-state index in [2.05, 4.69) is 27.7 Å². The number of nitrogens with one attached hydrogen (secondary N) is 2. The van der Waals surface area contributed by atoms with Crippen LogP contribution in [-0.2, 0) is 4.79 Å². The molecule has 1 aliphatic heterocycles. The van der Waals surface area contributed by atoms with Gasteiger partial charge in [-0.2, -0.15) is 0 Å². The van der Waals surface area contributed by atoms with E-state index in [0.29, 0.717) is 24.3 Å². The van der Waals surface area contributed by atoms with Gasteiger partial charge in [-0.25, -0.2) is 4.39 Å². The van der Waals surface area contributed by atoms with Crippen molar-refractivity contribution in [1.82, 2.24) is 10.2 Å². The van der Waals surface area contributed by atoms with E-state index in [0.717, 1.165) is 24.3 Å².